The van der Waals surface area contributed by atoms with E-state index in [-0.39, 0.29) is 5.91 Å². The van der Waals surface area contributed by atoms with Crippen molar-refractivity contribution < 1.29 is 9.53 Å². The van der Waals surface area contributed by atoms with E-state index in [0.29, 0.717) is 6.42 Å². The van der Waals surface area contributed by atoms with Crippen LogP contribution in [0.1, 0.15) is 24.5 Å². The van der Waals surface area contributed by atoms with Crippen LogP contribution < -0.4 is 10.1 Å². The third kappa shape index (κ3) is 2.72. The normalized spacial score (nSPS) is 9.87. The van der Waals surface area contributed by atoms with E-state index in [4.69, 9.17) is 4.74 Å². The van der Waals surface area contributed by atoms with Crippen molar-refractivity contribution in [1.82, 2.24) is 0 Å². The zero-order valence-corrected chi connectivity index (χ0v) is 9.68. The van der Waals surface area contributed by atoms with Gasteiger partial charge in [0.05, 0.1) is 7.11 Å². The highest BCUT2D eigenvalue weighted by Gasteiger charge is 2.07. The second-order valence-corrected chi connectivity index (χ2v) is 3.54. The molecule has 0 aliphatic heterocycles. The van der Waals surface area contributed by atoms with Crippen molar-refractivity contribution in [3.05, 3.63) is 23.3 Å². The molecule has 0 aromatic heterocycles. The molecule has 0 atom stereocenters. The Morgan fingerprint density at radius 3 is 2.27 bits per heavy atom. The predicted octanol–water partition coefficient (Wildman–Crippen LogP) is 2.66. The highest BCUT2D eigenvalue weighted by Crippen LogP contribution is 2.26. The molecule has 0 aliphatic rings. The number of benzene rings is 1. The van der Waals surface area contributed by atoms with Crippen LogP contribution in [-0.2, 0) is 4.79 Å². The van der Waals surface area contributed by atoms with Gasteiger partial charge in [0.1, 0.15) is 5.75 Å². The molecule has 3 heteroatoms. The lowest BCUT2D eigenvalue weighted by atomic mass is 10.1. The van der Waals surface area contributed by atoms with Gasteiger partial charge in [0.2, 0.25) is 5.91 Å². The van der Waals surface area contributed by atoms with Crippen molar-refractivity contribution >= 4 is 11.6 Å². The zero-order valence-electron chi connectivity index (χ0n) is 9.68. The first-order chi connectivity index (χ1) is 7.08. The molecule has 1 aromatic rings. The molecule has 0 aliphatic carbocycles. The Kier molecular flexibility index (Phi) is 3.72. The van der Waals surface area contributed by atoms with Crippen LogP contribution in [0.15, 0.2) is 12.1 Å². The molecule has 1 amide bonds. The zero-order chi connectivity index (χ0) is 11.4. The predicted molar refractivity (Wildman–Crippen MR) is 61.4 cm³/mol. The molecule has 0 saturated heterocycles. The number of carbonyl (C=O) groups is 1. The number of hydrogen-bond donors (Lipinski definition) is 1. The number of nitrogens with one attached hydrogen (secondary N) is 1. The summed E-state index contributed by atoms with van der Waals surface area (Å²) < 4.78 is 5.15. The maximum atomic E-state index is 11.3. The number of hydrogen-bond acceptors (Lipinski definition) is 2. The number of carbonyl (C=O) groups excluding carboxylic acids is 1. The van der Waals surface area contributed by atoms with Crippen molar-refractivity contribution in [2.75, 3.05) is 12.4 Å². The van der Waals surface area contributed by atoms with E-state index in [2.05, 4.69) is 5.32 Å². The molecular formula is C12H17NO2. The molecule has 0 bridgehead atoms. The number of anilines is 1. The summed E-state index contributed by atoms with van der Waals surface area (Å²) in [7, 11) is 1.64. The first kappa shape index (κ1) is 11.6. The molecule has 1 N–H and O–H groups in total. The maximum absolute atomic E-state index is 11.3. The van der Waals surface area contributed by atoms with Crippen LogP contribution in [0.3, 0.4) is 0 Å². The van der Waals surface area contributed by atoms with E-state index in [1.54, 1.807) is 7.11 Å². The molecule has 0 unspecified atom stereocenters. The number of rotatable bonds is 3. The van der Waals surface area contributed by atoms with E-state index >= 15 is 0 Å². The van der Waals surface area contributed by atoms with Crippen LogP contribution in [0, 0.1) is 13.8 Å². The molecular weight excluding hydrogens is 190 g/mol. The van der Waals surface area contributed by atoms with Gasteiger partial charge in [-0.25, -0.2) is 0 Å². The van der Waals surface area contributed by atoms with Crippen molar-refractivity contribution in [3.63, 3.8) is 0 Å². The molecule has 0 spiro atoms. The Hall–Kier alpha value is -1.51. The minimum atomic E-state index is 0.0337. The van der Waals surface area contributed by atoms with Gasteiger partial charge in [0.25, 0.3) is 0 Å². The van der Waals surface area contributed by atoms with Crippen molar-refractivity contribution in [1.29, 1.82) is 0 Å². The Balaban J connectivity index is 3.03. The molecule has 0 radical (unpaired) electrons. The fraction of sp³-hybridized carbons (Fsp3) is 0.417. The molecule has 0 heterocycles. The van der Waals surface area contributed by atoms with Crippen LogP contribution in [0.25, 0.3) is 0 Å². The van der Waals surface area contributed by atoms with E-state index in [9.17, 15) is 4.79 Å². The smallest absolute Gasteiger partial charge is 0.224 e. The standard InChI is InChI=1S/C12H17NO2/c1-5-11(14)13-12-8(2)6-10(15-4)7-9(12)3/h6-7H,5H2,1-4H3,(H,13,14). The molecule has 3 nitrogen and oxygen atoms in total. The van der Waals surface area contributed by atoms with Gasteiger partial charge in [-0.3, -0.25) is 4.79 Å². The minimum absolute atomic E-state index is 0.0337. The number of amides is 1. The summed E-state index contributed by atoms with van der Waals surface area (Å²) in [5, 5.41) is 2.88. The van der Waals surface area contributed by atoms with Crippen LogP contribution in [0.4, 0.5) is 5.69 Å². The summed E-state index contributed by atoms with van der Waals surface area (Å²) >= 11 is 0. The quantitative estimate of drug-likeness (QED) is 0.827. The fourth-order valence-corrected chi connectivity index (χ4v) is 1.47. The molecule has 82 valence electrons. The van der Waals surface area contributed by atoms with Gasteiger partial charge in [-0.2, -0.15) is 0 Å². The van der Waals surface area contributed by atoms with Gasteiger partial charge < -0.3 is 10.1 Å². The summed E-state index contributed by atoms with van der Waals surface area (Å²) in [5.74, 6) is 0.853. The van der Waals surface area contributed by atoms with Crippen molar-refractivity contribution in [2.24, 2.45) is 0 Å². The Morgan fingerprint density at radius 1 is 1.33 bits per heavy atom. The second-order valence-electron chi connectivity index (χ2n) is 3.54. The monoisotopic (exact) mass is 207 g/mol. The number of methoxy groups -OCH3 is 1. The topological polar surface area (TPSA) is 38.3 Å². The number of ether oxygens (including phenoxy) is 1. The highest BCUT2D eigenvalue weighted by molar-refractivity contribution is 5.92. The van der Waals surface area contributed by atoms with Crippen LogP contribution >= 0.6 is 0 Å². The van der Waals surface area contributed by atoms with E-state index < -0.39 is 0 Å². The van der Waals surface area contributed by atoms with Gasteiger partial charge in [-0.1, -0.05) is 6.92 Å². The second kappa shape index (κ2) is 4.82. The molecule has 0 saturated carbocycles. The minimum Gasteiger partial charge on any atom is -0.497 e. The highest BCUT2D eigenvalue weighted by atomic mass is 16.5. The van der Waals surface area contributed by atoms with Gasteiger partial charge in [0.15, 0.2) is 0 Å². The molecule has 15 heavy (non-hydrogen) atoms. The van der Waals surface area contributed by atoms with Crippen LogP contribution in [0.2, 0.25) is 0 Å². The number of aryl methyl sites for hydroxylation is 2. The average Bonchev–Trinajstić information content (AvgIpc) is 2.22. The lowest BCUT2D eigenvalue weighted by Crippen LogP contribution is -2.11. The van der Waals surface area contributed by atoms with Crippen LogP contribution in [0.5, 0.6) is 5.75 Å². The van der Waals surface area contributed by atoms with Gasteiger partial charge in [-0.15, -0.1) is 0 Å². The third-order valence-electron chi connectivity index (χ3n) is 2.33. The summed E-state index contributed by atoms with van der Waals surface area (Å²) in [4.78, 5) is 11.3. The van der Waals surface area contributed by atoms with Gasteiger partial charge in [-0.05, 0) is 37.1 Å². The third-order valence-corrected chi connectivity index (χ3v) is 2.33. The van der Waals surface area contributed by atoms with Crippen molar-refractivity contribution in [2.45, 2.75) is 27.2 Å². The summed E-state index contributed by atoms with van der Waals surface area (Å²) in [6.07, 6.45) is 0.491. The van der Waals surface area contributed by atoms with Crippen LogP contribution in [-0.4, -0.2) is 13.0 Å². The van der Waals surface area contributed by atoms with E-state index in [0.717, 1.165) is 22.6 Å². The Labute approximate surface area is 90.4 Å². The molecule has 1 aromatic carbocycles. The first-order valence-corrected chi connectivity index (χ1v) is 5.03. The Bertz CT molecular complexity index is 349. The van der Waals surface area contributed by atoms with Gasteiger partial charge in [0, 0.05) is 12.1 Å². The van der Waals surface area contributed by atoms with Crippen molar-refractivity contribution in [3.8, 4) is 5.75 Å². The lowest BCUT2D eigenvalue weighted by molar-refractivity contribution is -0.115. The average molecular weight is 207 g/mol. The Morgan fingerprint density at radius 2 is 1.87 bits per heavy atom. The summed E-state index contributed by atoms with van der Waals surface area (Å²) in [6.45, 7) is 5.76. The first-order valence-electron chi connectivity index (χ1n) is 5.03. The molecule has 0 fully saturated rings. The molecule has 1 rings (SSSR count). The summed E-state index contributed by atoms with van der Waals surface area (Å²) in [5.41, 5.74) is 2.94. The fourth-order valence-electron chi connectivity index (χ4n) is 1.47. The van der Waals surface area contributed by atoms with E-state index in [1.165, 1.54) is 0 Å². The van der Waals surface area contributed by atoms with Gasteiger partial charge >= 0.3 is 0 Å². The van der Waals surface area contributed by atoms with E-state index in [1.807, 2.05) is 32.9 Å². The SMILES string of the molecule is CCC(=O)Nc1c(C)cc(OC)cc1C. The maximum Gasteiger partial charge on any atom is 0.224 e. The largest absolute Gasteiger partial charge is 0.497 e. The lowest BCUT2D eigenvalue weighted by Gasteiger charge is -2.12. The summed E-state index contributed by atoms with van der Waals surface area (Å²) in [6, 6.07) is 3.83.